The number of aryl methyl sites for hydroxylation is 1. The minimum atomic E-state index is 1.06. The number of benzene rings is 1. The van der Waals surface area contributed by atoms with Crippen LogP contribution in [0.1, 0.15) is 5.56 Å². The molecule has 0 nitrogen and oxygen atoms in total. The molecule has 0 amide bonds. The van der Waals surface area contributed by atoms with Crippen molar-refractivity contribution in [2.45, 2.75) is 11.8 Å². The average molecular weight is 259 g/mol. The van der Waals surface area contributed by atoms with Crippen LogP contribution in [-0.2, 0) is 0 Å². The Kier molecular flexibility index (Phi) is 2.19. The van der Waals surface area contributed by atoms with Gasteiger partial charge in [0.2, 0.25) is 0 Å². The number of fused-ring (bicyclic) bond motifs is 1. The molecule has 3 heteroatoms. The zero-order chi connectivity index (χ0) is 8.72. The average Bonchev–Trinajstić information content (AvgIpc) is 2.48. The van der Waals surface area contributed by atoms with Gasteiger partial charge in [0.15, 0.2) is 0 Å². The molecule has 0 fully saturated rings. The Morgan fingerprint density at radius 3 is 3.00 bits per heavy atom. The van der Waals surface area contributed by atoms with Crippen LogP contribution in [0, 0.1) is 6.92 Å². The monoisotopic (exact) mass is 258 g/mol. The maximum atomic E-state index is 4.42. The van der Waals surface area contributed by atoms with E-state index in [-0.39, 0.29) is 0 Å². The van der Waals surface area contributed by atoms with Gasteiger partial charge in [-0.15, -0.1) is 24.0 Å². The lowest BCUT2D eigenvalue weighted by atomic mass is 10.2. The summed E-state index contributed by atoms with van der Waals surface area (Å²) in [6.45, 7) is 2.09. The highest BCUT2D eigenvalue weighted by Crippen LogP contribution is 2.35. The molecule has 0 atom stereocenters. The first-order chi connectivity index (χ1) is 5.70. The summed E-state index contributed by atoms with van der Waals surface area (Å²) < 4.78 is 2.49. The van der Waals surface area contributed by atoms with E-state index in [0.717, 1.165) is 4.90 Å². The third-order valence-corrected chi connectivity index (χ3v) is 4.43. The molecule has 0 unspecified atom stereocenters. The first-order valence-corrected chi connectivity index (χ1v) is 5.67. The Morgan fingerprint density at radius 2 is 2.25 bits per heavy atom. The molecule has 0 N–H and O–H groups in total. The van der Waals surface area contributed by atoms with Crippen LogP contribution in [0.3, 0.4) is 0 Å². The van der Waals surface area contributed by atoms with E-state index in [2.05, 4.69) is 53.0 Å². The number of halogens is 1. The molecule has 0 aliphatic carbocycles. The summed E-state index contributed by atoms with van der Waals surface area (Å²) >= 11 is 9.74. The van der Waals surface area contributed by atoms with Crippen LogP contribution >= 0.6 is 39.9 Å². The van der Waals surface area contributed by atoms with Crippen molar-refractivity contribution in [3.05, 3.63) is 27.5 Å². The van der Waals surface area contributed by atoms with Gasteiger partial charge in [-0.3, -0.25) is 0 Å². The first kappa shape index (κ1) is 8.60. The lowest BCUT2D eigenvalue weighted by Gasteiger charge is -2.01. The van der Waals surface area contributed by atoms with Gasteiger partial charge in [0.25, 0.3) is 0 Å². The Balaban J connectivity index is 2.97. The Hall–Kier alpha value is 0.01000. The summed E-state index contributed by atoms with van der Waals surface area (Å²) in [6.07, 6.45) is 0. The predicted octanol–water partition coefficient (Wildman–Crippen LogP) is 4.26. The second-order valence-electron chi connectivity index (χ2n) is 2.69. The highest BCUT2D eigenvalue weighted by Gasteiger charge is 2.05. The van der Waals surface area contributed by atoms with Gasteiger partial charge in [-0.2, -0.15) is 0 Å². The SMILES string of the molecule is Cc1cc(S)c2ccsc2c1Br. The van der Waals surface area contributed by atoms with Crippen molar-refractivity contribution in [1.82, 2.24) is 0 Å². The minimum Gasteiger partial charge on any atom is -0.143 e. The van der Waals surface area contributed by atoms with Gasteiger partial charge in [-0.25, -0.2) is 0 Å². The van der Waals surface area contributed by atoms with Crippen LogP contribution in [0.15, 0.2) is 26.9 Å². The molecule has 12 heavy (non-hydrogen) atoms. The van der Waals surface area contributed by atoms with E-state index in [4.69, 9.17) is 0 Å². The second-order valence-corrected chi connectivity index (χ2v) is 4.88. The fraction of sp³-hybridized carbons (Fsp3) is 0.111. The van der Waals surface area contributed by atoms with Crippen molar-refractivity contribution >= 4 is 50.0 Å². The fourth-order valence-corrected chi connectivity index (χ4v) is 3.18. The summed E-state index contributed by atoms with van der Waals surface area (Å²) in [6, 6.07) is 4.19. The van der Waals surface area contributed by atoms with Crippen LogP contribution in [0.5, 0.6) is 0 Å². The van der Waals surface area contributed by atoms with Gasteiger partial charge in [-0.05, 0) is 45.9 Å². The van der Waals surface area contributed by atoms with E-state index in [9.17, 15) is 0 Å². The maximum absolute atomic E-state index is 4.42. The van der Waals surface area contributed by atoms with E-state index in [1.807, 2.05) is 0 Å². The summed E-state index contributed by atoms with van der Waals surface area (Å²) in [5, 5.41) is 3.33. The lowest BCUT2D eigenvalue weighted by Crippen LogP contribution is -1.76. The van der Waals surface area contributed by atoms with Crippen LogP contribution in [0.4, 0.5) is 0 Å². The van der Waals surface area contributed by atoms with Crippen molar-refractivity contribution < 1.29 is 0 Å². The van der Waals surface area contributed by atoms with Gasteiger partial charge in [0.1, 0.15) is 0 Å². The normalized spacial score (nSPS) is 10.9. The molecule has 0 saturated carbocycles. The minimum absolute atomic E-state index is 1.06. The van der Waals surface area contributed by atoms with E-state index in [1.54, 1.807) is 11.3 Å². The highest BCUT2D eigenvalue weighted by molar-refractivity contribution is 9.10. The lowest BCUT2D eigenvalue weighted by molar-refractivity contribution is 1.41. The van der Waals surface area contributed by atoms with Gasteiger partial charge >= 0.3 is 0 Å². The molecule has 0 spiro atoms. The molecule has 0 bridgehead atoms. The molecule has 0 aliphatic heterocycles. The maximum Gasteiger partial charge on any atom is 0.0498 e. The molecule has 2 aromatic rings. The van der Waals surface area contributed by atoms with Crippen LogP contribution < -0.4 is 0 Å². The molecule has 0 radical (unpaired) electrons. The van der Waals surface area contributed by atoms with E-state index in [1.165, 1.54) is 20.1 Å². The highest BCUT2D eigenvalue weighted by atomic mass is 79.9. The Labute approximate surface area is 89.1 Å². The number of thiol groups is 1. The quantitative estimate of drug-likeness (QED) is 0.671. The molecule has 2 rings (SSSR count). The van der Waals surface area contributed by atoms with Gasteiger partial charge in [-0.1, -0.05) is 0 Å². The van der Waals surface area contributed by atoms with Gasteiger partial charge in [0, 0.05) is 19.5 Å². The predicted molar refractivity (Wildman–Crippen MR) is 61.5 cm³/mol. The third kappa shape index (κ3) is 1.20. The molecular weight excluding hydrogens is 252 g/mol. The molecule has 0 saturated heterocycles. The van der Waals surface area contributed by atoms with Crippen LogP contribution in [0.25, 0.3) is 10.1 Å². The Bertz CT molecular complexity index is 431. The van der Waals surface area contributed by atoms with Crippen LogP contribution in [0.2, 0.25) is 0 Å². The summed E-state index contributed by atoms with van der Waals surface area (Å²) in [5.41, 5.74) is 1.25. The second kappa shape index (κ2) is 3.05. The van der Waals surface area contributed by atoms with Crippen molar-refractivity contribution in [3.8, 4) is 0 Å². The molecule has 1 heterocycles. The smallest absolute Gasteiger partial charge is 0.0498 e. The van der Waals surface area contributed by atoms with Crippen molar-refractivity contribution in [2.24, 2.45) is 0 Å². The molecule has 62 valence electrons. The Morgan fingerprint density at radius 1 is 1.50 bits per heavy atom. The van der Waals surface area contributed by atoms with E-state index in [0.29, 0.717) is 0 Å². The van der Waals surface area contributed by atoms with Crippen molar-refractivity contribution in [2.75, 3.05) is 0 Å². The van der Waals surface area contributed by atoms with Crippen molar-refractivity contribution in [1.29, 1.82) is 0 Å². The third-order valence-electron chi connectivity index (χ3n) is 1.84. The standard InChI is InChI=1S/C9H7BrS2/c1-5-4-7(11)6-2-3-12-9(6)8(5)10/h2-4,11H,1H3. The summed E-state index contributed by atoms with van der Waals surface area (Å²) in [7, 11) is 0. The number of hydrogen-bond acceptors (Lipinski definition) is 2. The summed E-state index contributed by atoms with van der Waals surface area (Å²) in [5.74, 6) is 0. The molecular formula is C9H7BrS2. The number of rotatable bonds is 0. The van der Waals surface area contributed by atoms with Crippen LogP contribution in [-0.4, -0.2) is 0 Å². The number of hydrogen-bond donors (Lipinski definition) is 1. The number of thiophene rings is 1. The molecule has 0 aliphatic rings. The van der Waals surface area contributed by atoms with Crippen molar-refractivity contribution in [3.63, 3.8) is 0 Å². The molecule has 1 aromatic heterocycles. The summed E-state index contributed by atoms with van der Waals surface area (Å²) in [4.78, 5) is 1.06. The van der Waals surface area contributed by atoms with Gasteiger partial charge < -0.3 is 0 Å². The van der Waals surface area contributed by atoms with E-state index < -0.39 is 0 Å². The topological polar surface area (TPSA) is 0 Å². The zero-order valence-corrected chi connectivity index (χ0v) is 9.76. The largest absolute Gasteiger partial charge is 0.143 e. The zero-order valence-electron chi connectivity index (χ0n) is 6.47. The van der Waals surface area contributed by atoms with E-state index >= 15 is 0 Å². The van der Waals surface area contributed by atoms with Gasteiger partial charge in [0.05, 0.1) is 0 Å². The fourth-order valence-electron chi connectivity index (χ4n) is 1.21. The molecule has 1 aromatic carbocycles. The first-order valence-electron chi connectivity index (χ1n) is 3.55.